The molecule has 2 N–H and O–H groups in total. The molecule has 0 aliphatic carbocycles. The molecule has 0 aliphatic heterocycles. The predicted octanol–water partition coefficient (Wildman–Crippen LogP) is 3.80. The first kappa shape index (κ1) is 24.3. The third-order valence-electron chi connectivity index (χ3n) is 5.50. The maximum absolute atomic E-state index is 11.8. The average molecular weight is 497 g/mol. The number of ether oxygens (including phenoxy) is 2. The number of aryl methyl sites for hydroxylation is 2. The van der Waals surface area contributed by atoms with E-state index in [0.717, 1.165) is 22.4 Å². The fraction of sp³-hybridized carbons (Fsp3) is 0.292. The Morgan fingerprint density at radius 1 is 0.971 bits per heavy atom. The molecule has 0 aliphatic rings. The lowest BCUT2D eigenvalue weighted by molar-refractivity contribution is 0.355. The van der Waals surface area contributed by atoms with Crippen LogP contribution < -0.4 is 19.5 Å². The summed E-state index contributed by atoms with van der Waals surface area (Å²) in [6, 6.07) is 12.9. The van der Waals surface area contributed by atoms with Crippen molar-refractivity contribution >= 4 is 27.3 Å². The van der Waals surface area contributed by atoms with Gasteiger partial charge in [0.25, 0.3) is 0 Å². The summed E-state index contributed by atoms with van der Waals surface area (Å²) in [5.74, 6) is 2.45. The number of aromatic nitrogens is 4. The van der Waals surface area contributed by atoms with Crippen LogP contribution in [0.2, 0.25) is 0 Å². The number of rotatable bonds is 9. The molecule has 0 bridgehead atoms. The third kappa shape index (κ3) is 5.14. The van der Waals surface area contributed by atoms with Crippen molar-refractivity contribution in [3.63, 3.8) is 0 Å². The predicted molar refractivity (Wildman–Crippen MR) is 136 cm³/mol. The second kappa shape index (κ2) is 9.79. The zero-order chi connectivity index (χ0) is 25.2. The monoisotopic (exact) mass is 496 g/mol. The van der Waals surface area contributed by atoms with Crippen molar-refractivity contribution in [2.75, 3.05) is 30.0 Å². The number of hydrogen-bond donors (Lipinski definition) is 2. The first-order valence-corrected chi connectivity index (χ1v) is 12.7. The molecule has 0 saturated carbocycles. The number of nitrogens with zero attached hydrogens (tertiary/aromatic N) is 4. The van der Waals surface area contributed by atoms with Crippen molar-refractivity contribution in [1.82, 2.24) is 19.6 Å². The van der Waals surface area contributed by atoms with Crippen LogP contribution >= 0.6 is 0 Å². The molecule has 11 heteroatoms. The maximum atomic E-state index is 11.8. The molecule has 0 fully saturated rings. The number of hydrogen-bond acceptors (Lipinski definition) is 8. The molecule has 0 spiro atoms. The highest BCUT2D eigenvalue weighted by atomic mass is 32.2. The Morgan fingerprint density at radius 2 is 1.69 bits per heavy atom. The van der Waals surface area contributed by atoms with Gasteiger partial charge in [-0.3, -0.25) is 4.72 Å². The van der Waals surface area contributed by atoms with Crippen LogP contribution in [-0.2, 0) is 16.6 Å². The summed E-state index contributed by atoms with van der Waals surface area (Å²) in [5, 5.41) is 8.01. The molecule has 4 rings (SSSR count). The van der Waals surface area contributed by atoms with Gasteiger partial charge < -0.3 is 14.8 Å². The Balaban J connectivity index is 1.63. The minimum atomic E-state index is -3.31. The van der Waals surface area contributed by atoms with Crippen molar-refractivity contribution in [3.8, 4) is 22.6 Å². The summed E-state index contributed by atoms with van der Waals surface area (Å²) >= 11 is 0. The van der Waals surface area contributed by atoms with Gasteiger partial charge in [0.2, 0.25) is 16.0 Å². The molecule has 184 valence electrons. The van der Waals surface area contributed by atoms with Crippen LogP contribution in [-0.4, -0.2) is 48.0 Å². The molecule has 0 amide bonds. The van der Waals surface area contributed by atoms with Gasteiger partial charge in [-0.15, -0.1) is 0 Å². The van der Waals surface area contributed by atoms with E-state index in [1.165, 1.54) is 0 Å². The topological polar surface area (TPSA) is 120 Å². The quantitative estimate of drug-likeness (QED) is 0.359. The Kier molecular flexibility index (Phi) is 6.79. The van der Waals surface area contributed by atoms with E-state index in [4.69, 9.17) is 9.47 Å². The molecular formula is C24H28N6O4S. The highest BCUT2D eigenvalue weighted by Gasteiger charge is 2.18. The minimum Gasteiger partial charge on any atom is -0.493 e. The van der Waals surface area contributed by atoms with Crippen LogP contribution in [0.15, 0.2) is 42.5 Å². The highest BCUT2D eigenvalue weighted by Crippen LogP contribution is 2.35. The van der Waals surface area contributed by atoms with Gasteiger partial charge in [-0.25, -0.2) is 13.4 Å². The van der Waals surface area contributed by atoms with E-state index in [1.54, 1.807) is 37.8 Å². The fourth-order valence-electron chi connectivity index (χ4n) is 3.71. The summed E-state index contributed by atoms with van der Waals surface area (Å²) in [6.07, 6.45) is 0. The average Bonchev–Trinajstić information content (AvgIpc) is 3.18. The van der Waals surface area contributed by atoms with Gasteiger partial charge in [0.05, 0.1) is 25.7 Å². The zero-order valence-corrected chi connectivity index (χ0v) is 21.1. The van der Waals surface area contributed by atoms with Crippen LogP contribution in [0, 0.1) is 13.8 Å². The number of benzene rings is 2. The lowest BCUT2D eigenvalue weighted by atomic mass is 10.1. The zero-order valence-electron chi connectivity index (χ0n) is 20.3. The van der Waals surface area contributed by atoms with E-state index >= 15 is 0 Å². The summed E-state index contributed by atoms with van der Waals surface area (Å²) in [6.45, 7) is 5.83. The SMILES string of the molecule is CCS(=O)(=O)Nc1ccc(CNc2nc(C)nc3c(-c4ccc(OC)c(OC)c4)c(C)nn23)cc1. The number of anilines is 2. The Morgan fingerprint density at radius 3 is 2.34 bits per heavy atom. The normalized spacial score (nSPS) is 11.5. The van der Waals surface area contributed by atoms with Crippen molar-refractivity contribution in [2.45, 2.75) is 27.3 Å². The second-order valence-corrected chi connectivity index (χ2v) is 9.93. The summed E-state index contributed by atoms with van der Waals surface area (Å²) in [4.78, 5) is 9.20. The Bertz CT molecular complexity index is 1470. The van der Waals surface area contributed by atoms with Gasteiger partial charge in [0.1, 0.15) is 5.82 Å². The fourth-order valence-corrected chi connectivity index (χ4v) is 4.35. The van der Waals surface area contributed by atoms with E-state index in [-0.39, 0.29) is 5.75 Å². The van der Waals surface area contributed by atoms with Gasteiger partial charge in [0, 0.05) is 17.8 Å². The highest BCUT2D eigenvalue weighted by molar-refractivity contribution is 7.92. The van der Waals surface area contributed by atoms with Crippen molar-refractivity contribution in [1.29, 1.82) is 0 Å². The Labute approximate surface area is 204 Å². The maximum Gasteiger partial charge on any atom is 0.232 e. The van der Waals surface area contributed by atoms with Gasteiger partial charge in [-0.1, -0.05) is 18.2 Å². The molecule has 35 heavy (non-hydrogen) atoms. The molecular weight excluding hydrogens is 468 g/mol. The van der Waals surface area contributed by atoms with Crippen LogP contribution in [0.3, 0.4) is 0 Å². The molecule has 0 saturated heterocycles. The first-order valence-electron chi connectivity index (χ1n) is 11.0. The number of fused-ring (bicyclic) bond motifs is 1. The lowest BCUT2D eigenvalue weighted by Crippen LogP contribution is -2.14. The standard InChI is InChI=1S/C24H28N6O4S/c1-6-35(31,32)29-19-10-7-17(8-11-19)14-25-24-27-16(3)26-23-22(15(2)28-30(23)24)18-9-12-20(33-4)21(13-18)34-5/h7-13,29H,6,14H2,1-5H3,(H,25,26,27). The lowest BCUT2D eigenvalue weighted by Gasteiger charge is -2.11. The van der Waals surface area contributed by atoms with E-state index in [2.05, 4.69) is 25.1 Å². The molecule has 2 heterocycles. The van der Waals surface area contributed by atoms with E-state index < -0.39 is 10.0 Å². The molecule has 2 aromatic carbocycles. The summed E-state index contributed by atoms with van der Waals surface area (Å²) < 4.78 is 38.6. The van der Waals surface area contributed by atoms with Crippen molar-refractivity contribution < 1.29 is 17.9 Å². The van der Waals surface area contributed by atoms with Crippen molar-refractivity contribution in [2.24, 2.45) is 0 Å². The van der Waals surface area contributed by atoms with E-state index in [1.807, 2.05) is 44.2 Å². The van der Waals surface area contributed by atoms with Crippen LogP contribution in [0.1, 0.15) is 24.0 Å². The molecule has 4 aromatic rings. The molecule has 2 aromatic heterocycles. The van der Waals surface area contributed by atoms with Gasteiger partial charge in [-0.05, 0) is 56.2 Å². The largest absolute Gasteiger partial charge is 0.493 e. The number of nitrogens with one attached hydrogen (secondary N) is 2. The van der Waals surface area contributed by atoms with Crippen molar-refractivity contribution in [3.05, 3.63) is 59.5 Å². The summed E-state index contributed by atoms with van der Waals surface area (Å²) in [5.41, 5.74) is 4.74. The molecule has 0 radical (unpaired) electrons. The first-order chi connectivity index (χ1) is 16.7. The summed E-state index contributed by atoms with van der Waals surface area (Å²) in [7, 11) is -0.110. The second-order valence-electron chi connectivity index (χ2n) is 7.92. The molecule has 0 atom stereocenters. The third-order valence-corrected chi connectivity index (χ3v) is 6.81. The van der Waals surface area contributed by atoms with Gasteiger partial charge >= 0.3 is 0 Å². The Hall–Kier alpha value is -3.86. The number of sulfonamides is 1. The smallest absolute Gasteiger partial charge is 0.232 e. The van der Waals surface area contributed by atoms with Gasteiger partial charge in [0.15, 0.2) is 17.1 Å². The minimum absolute atomic E-state index is 0.0218. The molecule has 10 nitrogen and oxygen atoms in total. The molecule has 0 unspecified atom stereocenters. The van der Waals surface area contributed by atoms with Crippen LogP contribution in [0.5, 0.6) is 11.5 Å². The van der Waals surface area contributed by atoms with Gasteiger partial charge in [-0.2, -0.15) is 14.6 Å². The van der Waals surface area contributed by atoms with E-state index in [0.29, 0.717) is 41.2 Å². The number of methoxy groups -OCH3 is 2. The van der Waals surface area contributed by atoms with E-state index in [9.17, 15) is 8.42 Å². The van der Waals surface area contributed by atoms with Crippen LogP contribution in [0.25, 0.3) is 16.8 Å². The van der Waals surface area contributed by atoms with Crippen LogP contribution in [0.4, 0.5) is 11.6 Å².